The van der Waals surface area contributed by atoms with Crippen LogP contribution in [0.15, 0.2) is 22.6 Å². The fraction of sp³-hybridized carbons (Fsp3) is 0.200. The fourth-order valence-electron chi connectivity index (χ4n) is 1.20. The Hall–Kier alpha value is -1.78. The lowest BCUT2D eigenvalue weighted by Gasteiger charge is -1.98. The third-order valence-electron chi connectivity index (χ3n) is 1.95. The first kappa shape index (κ1) is 9.76. The lowest BCUT2D eigenvalue weighted by atomic mass is 10.2. The molecule has 0 saturated heterocycles. The Morgan fingerprint density at radius 1 is 1.20 bits per heavy atom. The summed E-state index contributed by atoms with van der Waals surface area (Å²) in [6.07, 6.45) is 0.531. The molecular formula is C10H8F2N2O. The minimum absolute atomic E-state index is 0.123. The average molecular weight is 210 g/mol. The summed E-state index contributed by atoms with van der Waals surface area (Å²) in [5, 5.41) is 7.23. The summed E-state index contributed by atoms with van der Waals surface area (Å²) in [7, 11) is 0. The molecule has 0 bridgehead atoms. The van der Waals surface area contributed by atoms with Gasteiger partial charge in [0, 0.05) is 6.42 Å². The molecule has 1 aromatic carbocycles. The summed E-state index contributed by atoms with van der Waals surface area (Å²) in [4.78, 5) is 0. The summed E-state index contributed by atoms with van der Waals surface area (Å²) in [5.74, 6) is -1.18. The maximum atomic E-state index is 13.3. The van der Waals surface area contributed by atoms with E-state index in [9.17, 15) is 8.78 Å². The molecule has 0 radical (unpaired) electrons. The van der Waals surface area contributed by atoms with Crippen LogP contribution < -0.4 is 0 Å². The van der Waals surface area contributed by atoms with Gasteiger partial charge in [0.15, 0.2) is 0 Å². The van der Waals surface area contributed by atoms with Gasteiger partial charge in [-0.2, -0.15) is 0 Å². The number of aromatic nitrogens is 2. The number of hydrogen-bond donors (Lipinski definition) is 0. The van der Waals surface area contributed by atoms with Crippen LogP contribution in [0.3, 0.4) is 0 Å². The minimum atomic E-state index is -0.707. The number of halogens is 2. The van der Waals surface area contributed by atoms with Gasteiger partial charge in [0.2, 0.25) is 5.89 Å². The second kappa shape index (κ2) is 3.76. The molecule has 1 aromatic heterocycles. The van der Waals surface area contributed by atoms with Crippen molar-refractivity contribution < 1.29 is 13.2 Å². The second-order valence-electron chi connectivity index (χ2n) is 2.95. The van der Waals surface area contributed by atoms with Gasteiger partial charge in [0.05, 0.1) is 0 Å². The van der Waals surface area contributed by atoms with Gasteiger partial charge < -0.3 is 4.42 Å². The molecule has 0 fully saturated rings. The first-order chi connectivity index (χ1) is 7.22. The predicted octanol–water partition coefficient (Wildman–Crippen LogP) is 2.58. The number of nitrogens with zero attached hydrogens (tertiary/aromatic N) is 2. The van der Waals surface area contributed by atoms with Crippen molar-refractivity contribution >= 4 is 0 Å². The third-order valence-corrected chi connectivity index (χ3v) is 1.95. The highest BCUT2D eigenvalue weighted by molar-refractivity contribution is 5.54. The molecule has 0 aliphatic carbocycles. The SMILES string of the molecule is CCc1nnc(-c2c(F)cccc2F)o1. The Kier molecular flexibility index (Phi) is 2.45. The molecule has 3 nitrogen and oxygen atoms in total. The second-order valence-corrected chi connectivity index (χ2v) is 2.95. The quantitative estimate of drug-likeness (QED) is 0.764. The van der Waals surface area contributed by atoms with Crippen LogP contribution in [0, 0.1) is 11.6 Å². The van der Waals surface area contributed by atoms with Crippen molar-refractivity contribution in [2.45, 2.75) is 13.3 Å². The molecule has 2 rings (SSSR count). The summed E-state index contributed by atoms with van der Waals surface area (Å²) < 4.78 is 31.6. The molecule has 0 spiro atoms. The first-order valence-electron chi connectivity index (χ1n) is 4.49. The monoisotopic (exact) mass is 210 g/mol. The molecular weight excluding hydrogens is 202 g/mol. The molecule has 2 aromatic rings. The molecule has 0 atom stereocenters. The van der Waals surface area contributed by atoms with Crippen LogP contribution in [0.4, 0.5) is 8.78 Å². The molecule has 15 heavy (non-hydrogen) atoms. The van der Waals surface area contributed by atoms with Crippen LogP contribution in [0.1, 0.15) is 12.8 Å². The summed E-state index contributed by atoms with van der Waals surface area (Å²) in [6.45, 7) is 1.81. The summed E-state index contributed by atoms with van der Waals surface area (Å²) >= 11 is 0. The zero-order valence-electron chi connectivity index (χ0n) is 8.00. The smallest absolute Gasteiger partial charge is 0.253 e. The third kappa shape index (κ3) is 1.72. The standard InChI is InChI=1S/C10H8F2N2O/c1-2-8-13-14-10(15-8)9-6(11)4-3-5-7(9)12/h3-5H,2H2,1H3. The molecule has 1 heterocycles. The van der Waals surface area contributed by atoms with Crippen LogP contribution in [0.2, 0.25) is 0 Å². The van der Waals surface area contributed by atoms with Gasteiger partial charge in [0.25, 0.3) is 5.89 Å². The lowest BCUT2D eigenvalue weighted by molar-refractivity contribution is 0.500. The highest BCUT2D eigenvalue weighted by Gasteiger charge is 2.16. The predicted molar refractivity (Wildman–Crippen MR) is 49.0 cm³/mol. The van der Waals surface area contributed by atoms with E-state index in [1.165, 1.54) is 6.07 Å². The van der Waals surface area contributed by atoms with Crippen molar-refractivity contribution in [3.8, 4) is 11.5 Å². The van der Waals surface area contributed by atoms with Crippen LogP contribution in [-0.2, 0) is 6.42 Å². The molecule has 0 unspecified atom stereocenters. The van der Waals surface area contributed by atoms with Crippen molar-refractivity contribution in [1.82, 2.24) is 10.2 Å². The molecule has 0 aliphatic heterocycles. The number of benzene rings is 1. The Bertz CT molecular complexity index is 462. The normalized spacial score (nSPS) is 10.6. The van der Waals surface area contributed by atoms with Crippen molar-refractivity contribution in [1.29, 1.82) is 0 Å². The average Bonchev–Trinajstić information content (AvgIpc) is 2.66. The van der Waals surface area contributed by atoms with Crippen molar-refractivity contribution in [2.24, 2.45) is 0 Å². The molecule has 5 heteroatoms. The Morgan fingerprint density at radius 3 is 2.40 bits per heavy atom. The van der Waals surface area contributed by atoms with E-state index in [0.717, 1.165) is 12.1 Å². The Labute approximate surface area is 84.8 Å². The van der Waals surface area contributed by atoms with E-state index >= 15 is 0 Å². The number of hydrogen-bond acceptors (Lipinski definition) is 3. The van der Waals surface area contributed by atoms with Gasteiger partial charge >= 0.3 is 0 Å². The first-order valence-corrected chi connectivity index (χ1v) is 4.49. The number of rotatable bonds is 2. The molecule has 0 N–H and O–H groups in total. The fourth-order valence-corrected chi connectivity index (χ4v) is 1.20. The van der Waals surface area contributed by atoms with E-state index in [4.69, 9.17) is 4.42 Å². The van der Waals surface area contributed by atoms with E-state index < -0.39 is 11.6 Å². The van der Waals surface area contributed by atoms with Gasteiger partial charge in [0.1, 0.15) is 17.2 Å². The zero-order chi connectivity index (χ0) is 10.8. The van der Waals surface area contributed by atoms with E-state index in [2.05, 4.69) is 10.2 Å². The van der Waals surface area contributed by atoms with Gasteiger partial charge in [-0.05, 0) is 12.1 Å². The van der Waals surface area contributed by atoms with Crippen molar-refractivity contribution in [2.75, 3.05) is 0 Å². The van der Waals surface area contributed by atoms with E-state index in [1.807, 2.05) is 6.92 Å². The largest absolute Gasteiger partial charge is 0.420 e. The van der Waals surface area contributed by atoms with E-state index in [-0.39, 0.29) is 11.5 Å². The molecule has 0 aliphatic rings. The molecule has 78 valence electrons. The molecule has 0 saturated carbocycles. The van der Waals surface area contributed by atoms with Crippen LogP contribution >= 0.6 is 0 Å². The maximum Gasteiger partial charge on any atom is 0.253 e. The van der Waals surface area contributed by atoms with Gasteiger partial charge in [-0.15, -0.1) is 10.2 Å². The highest BCUT2D eigenvalue weighted by atomic mass is 19.1. The summed E-state index contributed by atoms with van der Waals surface area (Å²) in [5.41, 5.74) is -0.273. The van der Waals surface area contributed by atoms with Gasteiger partial charge in [-0.3, -0.25) is 0 Å². The van der Waals surface area contributed by atoms with E-state index in [1.54, 1.807) is 0 Å². The zero-order valence-corrected chi connectivity index (χ0v) is 8.00. The van der Waals surface area contributed by atoms with Crippen LogP contribution in [-0.4, -0.2) is 10.2 Å². The Balaban J connectivity index is 2.53. The number of aryl methyl sites for hydroxylation is 1. The van der Waals surface area contributed by atoms with Crippen LogP contribution in [0.25, 0.3) is 11.5 Å². The van der Waals surface area contributed by atoms with Gasteiger partial charge in [-0.25, -0.2) is 8.78 Å². The van der Waals surface area contributed by atoms with Crippen molar-refractivity contribution in [3.05, 3.63) is 35.7 Å². The van der Waals surface area contributed by atoms with E-state index in [0.29, 0.717) is 12.3 Å². The lowest BCUT2D eigenvalue weighted by Crippen LogP contribution is -1.89. The highest BCUT2D eigenvalue weighted by Crippen LogP contribution is 2.24. The minimum Gasteiger partial charge on any atom is -0.420 e. The van der Waals surface area contributed by atoms with Crippen LogP contribution in [0.5, 0.6) is 0 Å². The summed E-state index contributed by atoms with van der Waals surface area (Å²) in [6, 6.07) is 3.58. The maximum absolute atomic E-state index is 13.3. The topological polar surface area (TPSA) is 38.9 Å². The van der Waals surface area contributed by atoms with Gasteiger partial charge in [-0.1, -0.05) is 13.0 Å². The Morgan fingerprint density at radius 2 is 1.87 bits per heavy atom. The van der Waals surface area contributed by atoms with Crippen molar-refractivity contribution in [3.63, 3.8) is 0 Å². The molecule has 0 amide bonds.